The Morgan fingerprint density at radius 2 is 1.72 bits per heavy atom. The maximum atomic E-state index is 12.2. The second kappa shape index (κ2) is 7.33. The molecule has 0 unspecified atom stereocenters. The third-order valence-corrected chi connectivity index (χ3v) is 3.73. The molecular weight excluding hydrogens is 312 g/mol. The van der Waals surface area contributed by atoms with Crippen LogP contribution in [0, 0.1) is 12.3 Å². The molecule has 2 amide bonds. The zero-order valence-corrected chi connectivity index (χ0v) is 13.5. The quantitative estimate of drug-likeness (QED) is 0.723. The Labute approximate surface area is 145 Å². The van der Waals surface area contributed by atoms with Crippen LogP contribution in [0.15, 0.2) is 66.7 Å². The third kappa shape index (κ3) is 4.04. The van der Waals surface area contributed by atoms with Gasteiger partial charge in [0.15, 0.2) is 0 Å². The van der Waals surface area contributed by atoms with Crippen LogP contribution in [0.2, 0.25) is 0 Å². The van der Waals surface area contributed by atoms with Crippen molar-refractivity contribution in [2.75, 3.05) is 11.9 Å². The highest BCUT2D eigenvalue weighted by Gasteiger charge is 2.09. The fourth-order valence-electron chi connectivity index (χ4n) is 2.49. The molecule has 0 aliphatic carbocycles. The minimum Gasteiger partial charge on any atom is -0.343 e. The van der Waals surface area contributed by atoms with Gasteiger partial charge in [-0.05, 0) is 41.1 Å². The summed E-state index contributed by atoms with van der Waals surface area (Å²) in [7, 11) is 0. The molecule has 3 aromatic carbocycles. The van der Waals surface area contributed by atoms with Crippen molar-refractivity contribution >= 4 is 28.3 Å². The predicted molar refractivity (Wildman–Crippen MR) is 99.3 cm³/mol. The van der Waals surface area contributed by atoms with Gasteiger partial charge in [-0.1, -0.05) is 42.3 Å². The summed E-state index contributed by atoms with van der Waals surface area (Å²) in [5.41, 5.74) is 1.79. The van der Waals surface area contributed by atoms with Crippen molar-refractivity contribution in [1.82, 2.24) is 5.32 Å². The minimum atomic E-state index is -0.316. The monoisotopic (exact) mass is 328 g/mol. The predicted octanol–water partition coefficient (Wildman–Crippen LogP) is 3.19. The first-order valence-corrected chi connectivity index (χ1v) is 7.79. The molecule has 25 heavy (non-hydrogen) atoms. The molecule has 0 aliphatic heterocycles. The lowest BCUT2D eigenvalue weighted by molar-refractivity contribution is -0.115. The average Bonchev–Trinajstić information content (AvgIpc) is 2.65. The highest BCUT2D eigenvalue weighted by molar-refractivity contribution is 6.01. The number of anilines is 1. The second-order valence-electron chi connectivity index (χ2n) is 5.52. The SMILES string of the molecule is C#Cc1cccc(NC(=O)CNC(=O)c2ccc3ccccc3c2)c1. The Morgan fingerprint density at radius 3 is 2.52 bits per heavy atom. The van der Waals surface area contributed by atoms with Gasteiger partial charge in [0.1, 0.15) is 0 Å². The van der Waals surface area contributed by atoms with Crippen molar-refractivity contribution in [2.45, 2.75) is 0 Å². The molecule has 122 valence electrons. The number of nitrogens with one attached hydrogen (secondary N) is 2. The summed E-state index contributed by atoms with van der Waals surface area (Å²) < 4.78 is 0. The molecule has 0 saturated heterocycles. The Kier molecular flexibility index (Phi) is 4.77. The molecule has 4 heteroatoms. The van der Waals surface area contributed by atoms with Crippen molar-refractivity contribution < 1.29 is 9.59 Å². The number of hydrogen-bond donors (Lipinski definition) is 2. The normalized spacial score (nSPS) is 10.0. The largest absolute Gasteiger partial charge is 0.343 e. The van der Waals surface area contributed by atoms with E-state index < -0.39 is 0 Å². The van der Waals surface area contributed by atoms with Crippen LogP contribution in [-0.4, -0.2) is 18.4 Å². The standard InChI is InChI=1S/C21H16N2O2/c1-2-15-6-5-9-19(12-15)23-20(24)14-22-21(25)18-11-10-16-7-3-4-8-17(16)13-18/h1,3-13H,14H2,(H,22,25)(H,23,24). The van der Waals surface area contributed by atoms with E-state index in [-0.39, 0.29) is 18.4 Å². The van der Waals surface area contributed by atoms with E-state index in [1.165, 1.54) is 0 Å². The lowest BCUT2D eigenvalue weighted by Gasteiger charge is -2.08. The van der Waals surface area contributed by atoms with Crippen LogP contribution in [0.1, 0.15) is 15.9 Å². The zero-order valence-electron chi connectivity index (χ0n) is 13.5. The molecule has 0 atom stereocenters. The van der Waals surface area contributed by atoms with Crippen LogP contribution in [0.25, 0.3) is 10.8 Å². The fourth-order valence-corrected chi connectivity index (χ4v) is 2.49. The average molecular weight is 328 g/mol. The number of carbonyl (C=O) groups excluding carboxylic acids is 2. The van der Waals surface area contributed by atoms with Crippen LogP contribution in [-0.2, 0) is 4.79 Å². The highest BCUT2D eigenvalue weighted by atomic mass is 16.2. The van der Waals surface area contributed by atoms with E-state index in [9.17, 15) is 9.59 Å². The number of carbonyl (C=O) groups is 2. The van der Waals surface area contributed by atoms with Gasteiger partial charge in [-0.2, -0.15) is 0 Å². The number of amides is 2. The van der Waals surface area contributed by atoms with Crippen molar-refractivity contribution in [1.29, 1.82) is 0 Å². The molecule has 3 aromatic rings. The summed E-state index contributed by atoms with van der Waals surface area (Å²) in [5, 5.41) is 7.36. The van der Waals surface area contributed by atoms with Gasteiger partial charge in [-0.15, -0.1) is 6.42 Å². The Bertz CT molecular complexity index is 986. The summed E-state index contributed by atoms with van der Waals surface area (Å²) in [4.78, 5) is 24.2. The first-order chi connectivity index (χ1) is 12.2. The summed E-state index contributed by atoms with van der Waals surface area (Å²) >= 11 is 0. The Morgan fingerprint density at radius 1 is 0.920 bits per heavy atom. The fraction of sp³-hybridized carbons (Fsp3) is 0.0476. The summed E-state index contributed by atoms with van der Waals surface area (Å²) in [6.45, 7) is -0.119. The lowest BCUT2D eigenvalue weighted by Crippen LogP contribution is -2.32. The molecule has 0 bridgehead atoms. The summed E-state index contributed by atoms with van der Waals surface area (Å²) in [6.07, 6.45) is 5.33. The van der Waals surface area contributed by atoms with Crippen LogP contribution in [0.4, 0.5) is 5.69 Å². The highest BCUT2D eigenvalue weighted by Crippen LogP contribution is 2.15. The first kappa shape index (κ1) is 16.3. The van der Waals surface area contributed by atoms with Gasteiger partial charge in [-0.3, -0.25) is 9.59 Å². The molecular formula is C21H16N2O2. The van der Waals surface area contributed by atoms with Gasteiger partial charge in [0.05, 0.1) is 6.54 Å². The van der Waals surface area contributed by atoms with E-state index >= 15 is 0 Å². The topological polar surface area (TPSA) is 58.2 Å². The van der Waals surface area contributed by atoms with Crippen LogP contribution < -0.4 is 10.6 Å². The van der Waals surface area contributed by atoms with Crippen LogP contribution in [0.5, 0.6) is 0 Å². The van der Waals surface area contributed by atoms with Crippen molar-refractivity contribution in [3.05, 3.63) is 77.9 Å². The molecule has 0 heterocycles. The first-order valence-electron chi connectivity index (χ1n) is 7.79. The maximum absolute atomic E-state index is 12.2. The second-order valence-corrected chi connectivity index (χ2v) is 5.52. The molecule has 0 fully saturated rings. The van der Waals surface area contributed by atoms with Gasteiger partial charge in [0, 0.05) is 16.8 Å². The van der Waals surface area contributed by atoms with Crippen LogP contribution in [0.3, 0.4) is 0 Å². The van der Waals surface area contributed by atoms with E-state index in [0.717, 1.165) is 10.8 Å². The van der Waals surface area contributed by atoms with Gasteiger partial charge in [0.2, 0.25) is 5.91 Å². The van der Waals surface area contributed by atoms with Gasteiger partial charge < -0.3 is 10.6 Å². The lowest BCUT2D eigenvalue weighted by atomic mass is 10.1. The molecule has 4 nitrogen and oxygen atoms in total. The molecule has 0 radical (unpaired) electrons. The van der Waals surface area contributed by atoms with E-state index in [2.05, 4.69) is 16.6 Å². The number of terminal acetylenes is 1. The van der Waals surface area contributed by atoms with E-state index in [1.54, 1.807) is 36.4 Å². The van der Waals surface area contributed by atoms with E-state index in [1.807, 2.05) is 30.3 Å². The number of fused-ring (bicyclic) bond motifs is 1. The number of hydrogen-bond acceptors (Lipinski definition) is 2. The number of benzene rings is 3. The summed E-state index contributed by atoms with van der Waals surface area (Å²) in [5.74, 6) is 1.90. The molecule has 0 aliphatic rings. The van der Waals surface area contributed by atoms with Crippen molar-refractivity contribution in [3.8, 4) is 12.3 Å². The Balaban J connectivity index is 1.60. The van der Waals surface area contributed by atoms with Gasteiger partial charge in [0.25, 0.3) is 5.91 Å². The summed E-state index contributed by atoms with van der Waals surface area (Å²) in [6, 6.07) is 20.2. The smallest absolute Gasteiger partial charge is 0.251 e. The molecule has 2 N–H and O–H groups in total. The zero-order chi connectivity index (χ0) is 17.6. The van der Waals surface area contributed by atoms with Crippen molar-refractivity contribution in [2.24, 2.45) is 0 Å². The molecule has 0 saturated carbocycles. The Hall–Kier alpha value is -3.58. The van der Waals surface area contributed by atoms with Crippen LogP contribution >= 0.6 is 0 Å². The third-order valence-electron chi connectivity index (χ3n) is 3.73. The molecule has 0 aromatic heterocycles. The van der Waals surface area contributed by atoms with Crippen molar-refractivity contribution in [3.63, 3.8) is 0 Å². The maximum Gasteiger partial charge on any atom is 0.251 e. The molecule has 0 spiro atoms. The van der Waals surface area contributed by atoms with E-state index in [4.69, 9.17) is 6.42 Å². The number of rotatable bonds is 4. The van der Waals surface area contributed by atoms with E-state index in [0.29, 0.717) is 16.8 Å². The molecule has 3 rings (SSSR count). The van der Waals surface area contributed by atoms with Gasteiger partial charge >= 0.3 is 0 Å². The minimum absolute atomic E-state index is 0.119. The van der Waals surface area contributed by atoms with Gasteiger partial charge in [-0.25, -0.2) is 0 Å².